The lowest BCUT2D eigenvalue weighted by Crippen LogP contribution is -2.40. The van der Waals surface area contributed by atoms with Gasteiger partial charge in [0.2, 0.25) is 5.91 Å². The van der Waals surface area contributed by atoms with Crippen molar-refractivity contribution in [1.82, 2.24) is 4.90 Å². The molecule has 1 saturated heterocycles. The van der Waals surface area contributed by atoms with E-state index in [1.165, 1.54) is 39.3 Å². The summed E-state index contributed by atoms with van der Waals surface area (Å²) in [4.78, 5) is 14.8. The van der Waals surface area contributed by atoms with Gasteiger partial charge in [0.05, 0.1) is 17.5 Å². The van der Waals surface area contributed by atoms with E-state index in [0.29, 0.717) is 16.2 Å². The molecule has 2 atom stereocenters. The first-order valence-electron chi connectivity index (χ1n) is 7.54. The highest BCUT2D eigenvalue weighted by Gasteiger charge is 2.48. The van der Waals surface area contributed by atoms with E-state index in [0.717, 1.165) is 11.1 Å². The molecule has 0 aromatic carbocycles. The van der Waals surface area contributed by atoms with Gasteiger partial charge >= 0.3 is 0 Å². The average molecular weight is 395 g/mol. The second-order valence-corrected chi connectivity index (χ2v) is 8.29. The Balaban J connectivity index is 1.90. The summed E-state index contributed by atoms with van der Waals surface area (Å²) in [7, 11) is 0. The number of allylic oxidation sites excluding steroid dienone is 2. The lowest BCUT2D eigenvalue weighted by Gasteiger charge is -2.30. The number of thiophene rings is 2. The summed E-state index contributed by atoms with van der Waals surface area (Å²) in [6.07, 6.45) is 1.77. The normalized spacial score (nSPS) is 23.9. The van der Waals surface area contributed by atoms with Gasteiger partial charge in [0.1, 0.15) is 16.2 Å². The summed E-state index contributed by atoms with van der Waals surface area (Å²) in [5.74, 6) is -0.257. The van der Waals surface area contributed by atoms with E-state index in [4.69, 9.17) is 5.41 Å². The zero-order chi connectivity index (χ0) is 18.3. The number of fused-ring (bicyclic) bond motifs is 1. The van der Waals surface area contributed by atoms with Crippen LogP contribution in [0, 0.1) is 28.1 Å². The van der Waals surface area contributed by atoms with E-state index in [2.05, 4.69) is 12.1 Å². The van der Waals surface area contributed by atoms with Crippen molar-refractivity contribution in [2.45, 2.75) is 11.3 Å². The number of carbonyl (C=O) groups excluding carboxylic acids is 1. The number of nitrogens with one attached hydrogen (secondary N) is 1. The van der Waals surface area contributed by atoms with Crippen molar-refractivity contribution in [2.75, 3.05) is 0 Å². The standard InChI is InChI=1S/C18H10N4OS3/c19-6-13-15(21)12(5-10-1-3-24-8-10)16-14(7-20)26-17(18(23)22(13)16)11-2-4-25-9-11/h1-5,8-9,13,17,21H/b12-5+,21-15?/t13?,17-/m0/s1. The lowest BCUT2D eigenvalue weighted by atomic mass is 10.1. The molecule has 8 heteroatoms. The molecule has 4 heterocycles. The minimum Gasteiger partial charge on any atom is -0.301 e. The van der Waals surface area contributed by atoms with Crippen molar-refractivity contribution < 1.29 is 4.79 Å². The first-order valence-corrected chi connectivity index (χ1v) is 10.3. The molecule has 5 nitrogen and oxygen atoms in total. The van der Waals surface area contributed by atoms with Gasteiger partial charge in [-0.25, -0.2) is 0 Å². The largest absolute Gasteiger partial charge is 0.301 e. The number of carbonyl (C=O) groups is 1. The molecule has 4 rings (SSSR count). The van der Waals surface area contributed by atoms with Gasteiger partial charge in [-0.15, -0.1) is 0 Å². The highest BCUT2D eigenvalue weighted by Crippen LogP contribution is 2.49. The van der Waals surface area contributed by atoms with Crippen LogP contribution in [-0.2, 0) is 4.79 Å². The van der Waals surface area contributed by atoms with Crippen LogP contribution in [0.3, 0.4) is 0 Å². The van der Waals surface area contributed by atoms with E-state index in [-0.39, 0.29) is 11.6 Å². The van der Waals surface area contributed by atoms with Crippen LogP contribution in [0.2, 0.25) is 0 Å². The SMILES string of the molecule is N#CC1=C2/C(=C/c3ccsc3)C(=N)C(C#N)N2C(=O)[C@H](c2ccsc2)S1. The third kappa shape index (κ3) is 2.51. The van der Waals surface area contributed by atoms with Crippen molar-refractivity contribution in [3.8, 4) is 12.1 Å². The van der Waals surface area contributed by atoms with Crippen LogP contribution in [-0.4, -0.2) is 22.6 Å². The van der Waals surface area contributed by atoms with Crippen molar-refractivity contribution in [3.05, 3.63) is 61.0 Å². The van der Waals surface area contributed by atoms with Crippen LogP contribution in [0.15, 0.2) is 49.8 Å². The molecule has 0 saturated carbocycles. The predicted octanol–water partition coefficient (Wildman–Crippen LogP) is 4.17. The quantitative estimate of drug-likeness (QED) is 0.827. The van der Waals surface area contributed by atoms with Gasteiger partial charge in [-0.1, -0.05) is 11.8 Å². The Kier molecular flexibility index (Phi) is 4.25. The van der Waals surface area contributed by atoms with Crippen LogP contribution in [0.4, 0.5) is 0 Å². The Morgan fingerprint density at radius 2 is 1.96 bits per heavy atom. The third-order valence-electron chi connectivity index (χ3n) is 4.15. The van der Waals surface area contributed by atoms with Crippen molar-refractivity contribution in [2.24, 2.45) is 0 Å². The fraction of sp³-hybridized carbons (Fsp3) is 0.111. The summed E-state index contributed by atoms with van der Waals surface area (Å²) < 4.78 is 0. The molecular formula is C18H10N4OS3. The number of thioether (sulfide) groups is 1. The molecule has 0 radical (unpaired) electrons. The molecule has 126 valence electrons. The number of nitrogens with zero attached hydrogens (tertiary/aromatic N) is 3. The molecular weight excluding hydrogens is 384 g/mol. The van der Waals surface area contributed by atoms with Gasteiger partial charge in [-0.05, 0) is 50.9 Å². The van der Waals surface area contributed by atoms with Gasteiger partial charge in [-0.3, -0.25) is 9.69 Å². The van der Waals surface area contributed by atoms with Gasteiger partial charge in [0, 0.05) is 5.57 Å². The number of nitriles is 2. The number of amides is 1. The van der Waals surface area contributed by atoms with Gasteiger partial charge < -0.3 is 5.41 Å². The molecule has 1 unspecified atom stereocenters. The summed E-state index contributed by atoms with van der Waals surface area (Å²) >= 11 is 4.19. The van der Waals surface area contributed by atoms with E-state index in [1.54, 1.807) is 6.08 Å². The van der Waals surface area contributed by atoms with Crippen LogP contribution in [0.25, 0.3) is 6.08 Å². The Labute approximate surface area is 162 Å². The maximum atomic E-state index is 13.1. The number of rotatable bonds is 2. The van der Waals surface area contributed by atoms with E-state index in [9.17, 15) is 15.3 Å². The van der Waals surface area contributed by atoms with Crippen LogP contribution in [0.5, 0.6) is 0 Å². The topological polar surface area (TPSA) is 91.7 Å². The molecule has 2 aromatic rings. The summed E-state index contributed by atoms with van der Waals surface area (Å²) in [5.41, 5.74) is 2.61. The minimum absolute atomic E-state index is 0.0568. The zero-order valence-electron chi connectivity index (χ0n) is 13.2. The second-order valence-electron chi connectivity index (χ2n) is 5.61. The Morgan fingerprint density at radius 1 is 1.19 bits per heavy atom. The van der Waals surface area contributed by atoms with E-state index in [1.807, 2.05) is 33.7 Å². The fourth-order valence-electron chi connectivity index (χ4n) is 2.99. The second kappa shape index (κ2) is 6.58. The summed E-state index contributed by atoms with van der Waals surface area (Å²) in [6, 6.07) is 6.97. The van der Waals surface area contributed by atoms with Gasteiger partial charge in [-0.2, -0.15) is 33.2 Å². The molecule has 2 aliphatic rings. The number of hydrogen-bond acceptors (Lipinski definition) is 7. The molecule has 2 aliphatic heterocycles. The lowest BCUT2D eigenvalue weighted by molar-refractivity contribution is -0.128. The average Bonchev–Trinajstić information content (AvgIpc) is 3.38. The molecule has 1 amide bonds. The highest BCUT2D eigenvalue weighted by atomic mass is 32.2. The monoisotopic (exact) mass is 394 g/mol. The molecule has 0 bridgehead atoms. The summed E-state index contributed by atoms with van der Waals surface area (Å²) in [5, 5.41) is 34.7. The fourth-order valence-corrected chi connectivity index (χ4v) is 5.48. The Hall–Kier alpha value is -2.65. The van der Waals surface area contributed by atoms with Gasteiger partial charge in [0.15, 0.2) is 6.04 Å². The predicted molar refractivity (Wildman–Crippen MR) is 104 cm³/mol. The minimum atomic E-state index is -1.01. The van der Waals surface area contributed by atoms with E-state index < -0.39 is 11.3 Å². The first-order chi connectivity index (χ1) is 12.7. The van der Waals surface area contributed by atoms with E-state index >= 15 is 0 Å². The Bertz CT molecular complexity index is 1040. The molecule has 0 spiro atoms. The molecule has 2 aromatic heterocycles. The van der Waals surface area contributed by atoms with Crippen LogP contribution < -0.4 is 0 Å². The van der Waals surface area contributed by atoms with Crippen LogP contribution in [0.1, 0.15) is 16.4 Å². The van der Waals surface area contributed by atoms with Crippen molar-refractivity contribution >= 4 is 52.1 Å². The highest BCUT2D eigenvalue weighted by molar-refractivity contribution is 8.04. The maximum Gasteiger partial charge on any atom is 0.246 e. The Morgan fingerprint density at radius 3 is 2.58 bits per heavy atom. The molecule has 26 heavy (non-hydrogen) atoms. The van der Waals surface area contributed by atoms with Gasteiger partial charge in [0.25, 0.3) is 0 Å². The first kappa shape index (κ1) is 16.8. The zero-order valence-corrected chi connectivity index (χ0v) is 15.6. The molecule has 1 N–H and O–H groups in total. The number of hydrogen-bond donors (Lipinski definition) is 1. The van der Waals surface area contributed by atoms with Crippen molar-refractivity contribution in [3.63, 3.8) is 0 Å². The molecule has 0 aliphatic carbocycles. The molecule has 1 fully saturated rings. The third-order valence-corrected chi connectivity index (χ3v) is 6.79. The van der Waals surface area contributed by atoms with Crippen LogP contribution >= 0.6 is 34.4 Å². The maximum absolute atomic E-state index is 13.1. The van der Waals surface area contributed by atoms with Crippen molar-refractivity contribution in [1.29, 1.82) is 15.9 Å². The smallest absolute Gasteiger partial charge is 0.246 e. The summed E-state index contributed by atoms with van der Waals surface area (Å²) in [6.45, 7) is 0.